The van der Waals surface area contributed by atoms with Gasteiger partial charge in [0, 0.05) is 6.07 Å². The summed E-state index contributed by atoms with van der Waals surface area (Å²) in [7, 11) is 0. The summed E-state index contributed by atoms with van der Waals surface area (Å²) in [6.45, 7) is 4.50. The molecule has 1 heterocycles. The zero-order valence-corrected chi connectivity index (χ0v) is 9.49. The average Bonchev–Trinajstić information content (AvgIpc) is 2.71. The van der Waals surface area contributed by atoms with Gasteiger partial charge < -0.3 is 14.9 Å². The van der Waals surface area contributed by atoms with Crippen LogP contribution >= 0.6 is 0 Å². The van der Waals surface area contributed by atoms with Crippen LogP contribution < -0.4 is 10.5 Å². The second-order valence-corrected chi connectivity index (χ2v) is 3.77. The van der Waals surface area contributed by atoms with Crippen LogP contribution in [0.15, 0.2) is 34.7 Å². The Hall–Kier alpha value is -1.74. The van der Waals surface area contributed by atoms with Crippen molar-refractivity contribution in [2.24, 2.45) is 5.73 Å². The van der Waals surface area contributed by atoms with Gasteiger partial charge in [0.25, 0.3) is 5.95 Å². The summed E-state index contributed by atoms with van der Waals surface area (Å²) in [4.78, 5) is 0. The first kappa shape index (κ1) is 10.8. The maximum Gasteiger partial charge on any atom is 0.290 e. The highest BCUT2D eigenvalue weighted by Crippen LogP contribution is 2.25. The molecule has 2 rings (SSSR count). The van der Waals surface area contributed by atoms with Crippen molar-refractivity contribution in [2.75, 3.05) is 0 Å². The molecule has 2 aromatic rings. The largest absolute Gasteiger partial charge is 0.429 e. The summed E-state index contributed by atoms with van der Waals surface area (Å²) >= 11 is 0. The lowest BCUT2D eigenvalue weighted by Gasteiger charge is -2.04. The van der Waals surface area contributed by atoms with Crippen LogP contribution in [0, 0.1) is 13.8 Å². The standard InChI is InChI=1S/C13H15NO2/c1-9-3-4-11(7-10(9)2)15-13-6-5-12(8-14)16-13/h3-7H,8,14H2,1-2H3. The van der Waals surface area contributed by atoms with Crippen LogP contribution in [0.1, 0.15) is 16.9 Å². The molecule has 16 heavy (non-hydrogen) atoms. The maximum atomic E-state index is 5.57. The van der Waals surface area contributed by atoms with E-state index in [9.17, 15) is 0 Å². The summed E-state index contributed by atoms with van der Waals surface area (Å²) in [6.07, 6.45) is 0. The van der Waals surface area contributed by atoms with E-state index in [4.69, 9.17) is 14.9 Å². The van der Waals surface area contributed by atoms with Crippen molar-refractivity contribution in [1.29, 1.82) is 0 Å². The first-order chi connectivity index (χ1) is 7.69. The monoisotopic (exact) mass is 217 g/mol. The Morgan fingerprint density at radius 3 is 2.56 bits per heavy atom. The van der Waals surface area contributed by atoms with Crippen LogP contribution in [-0.4, -0.2) is 0 Å². The summed E-state index contributed by atoms with van der Waals surface area (Å²) < 4.78 is 10.9. The number of benzene rings is 1. The van der Waals surface area contributed by atoms with E-state index in [1.54, 1.807) is 6.07 Å². The number of aryl methyl sites for hydroxylation is 2. The van der Waals surface area contributed by atoms with Crippen molar-refractivity contribution in [2.45, 2.75) is 20.4 Å². The highest BCUT2D eigenvalue weighted by molar-refractivity contribution is 5.35. The zero-order chi connectivity index (χ0) is 11.5. The molecule has 3 nitrogen and oxygen atoms in total. The summed E-state index contributed by atoms with van der Waals surface area (Å²) in [5.41, 5.74) is 7.89. The molecule has 0 bridgehead atoms. The van der Waals surface area contributed by atoms with Crippen molar-refractivity contribution >= 4 is 0 Å². The van der Waals surface area contributed by atoms with E-state index in [0.717, 1.165) is 11.5 Å². The first-order valence-corrected chi connectivity index (χ1v) is 5.23. The smallest absolute Gasteiger partial charge is 0.290 e. The first-order valence-electron chi connectivity index (χ1n) is 5.23. The lowest BCUT2D eigenvalue weighted by molar-refractivity contribution is 0.332. The third kappa shape index (κ3) is 2.25. The van der Waals surface area contributed by atoms with Crippen LogP contribution in [0.4, 0.5) is 0 Å². The SMILES string of the molecule is Cc1ccc(Oc2ccc(CN)o2)cc1C. The van der Waals surface area contributed by atoms with E-state index < -0.39 is 0 Å². The van der Waals surface area contributed by atoms with Crippen molar-refractivity contribution in [3.05, 3.63) is 47.2 Å². The third-order valence-electron chi connectivity index (χ3n) is 2.53. The van der Waals surface area contributed by atoms with Crippen LogP contribution in [0.25, 0.3) is 0 Å². The van der Waals surface area contributed by atoms with Gasteiger partial charge in [-0.25, -0.2) is 0 Å². The van der Waals surface area contributed by atoms with Gasteiger partial charge in [-0.2, -0.15) is 0 Å². The number of hydrogen-bond acceptors (Lipinski definition) is 3. The molecule has 0 saturated heterocycles. The number of hydrogen-bond donors (Lipinski definition) is 1. The van der Waals surface area contributed by atoms with Crippen molar-refractivity contribution < 1.29 is 9.15 Å². The topological polar surface area (TPSA) is 48.4 Å². The van der Waals surface area contributed by atoms with E-state index in [0.29, 0.717) is 12.5 Å². The van der Waals surface area contributed by atoms with Gasteiger partial charge in [-0.15, -0.1) is 0 Å². The second-order valence-electron chi connectivity index (χ2n) is 3.77. The normalized spacial score (nSPS) is 10.4. The van der Waals surface area contributed by atoms with Crippen LogP contribution in [0.5, 0.6) is 11.7 Å². The Morgan fingerprint density at radius 1 is 1.12 bits per heavy atom. The quantitative estimate of drug-likeness (QED) is 0.859. The van der Waals surface area contributed by atoms with Gasteiger partial charge in [-0.05, 0) is 43.2 Å². The van der Waals surface area contributed by atoms with Crippen molar-refractivity contribution in [3.8, 4) is 11.7 Å². The molecule has 0 radical (unpaired) electrons. The maximum absolute atomic E-state index is 5.57. The van der Waals surface area contributed by atoms with Gasteiger partial charge in [-0.3, -0.25) is 0 Å². The fraction of sp³-hybridized carbons (Fsp3) is 0.231. The predicted octanol–water partition coefficient (Wildman–Crippen LogP) is 3.15. The third-order valence-corrected chi connectivity index (χ3v) is 2.53. The Kier molecular flexibility index (Phi) is 2.97. The lowest BCUT2D eigenvalue weighted by Crippen LogP contribution is -1.92. The zero-order valence-electron chi connectivity index (χ0n) is 9.49. The van der Waals surface area contributed by atoms with E-state index in [1.165, 1.54) is 11.1 Å². The minimum Gasteiger partial charge on any atom is -0.429 e. The predicted molar refractivity (Wildman–Crippen MR) is 62.6 cm³/mol. The Morgan fingerprint density at radius 2 is 1.94 bits per heavy atom. The lowest BCUT2D eigenvalue weighted by atomic mass is 10.1. The van der Waals surface area contributed by atoms with Gasteiger partial charge in [-0.1, -0.05) is 6.07 Å². The van der Waals surface area contributed by atoms with Gasteiger partial charge in [0.1, 0.15) is 11.5 Å². The average molecular weight is 217 g/mol. The number of ether oxygens (including phenoxy) is 1. The molecule has 0 atom stereocenters. The molecule has 0 spiro atoms. The number of rotatable bonds is 3. The van der Waals surface area contributed by atoms with Gasteiger partial charge in [0.05, 0.1) is 6.54 Å². The molecule has 0 fully saturated rings. The van der Waals surface area contributed by atoms with Crippen molar-refractivity contribution in [1.82, 2.24) is 0 Å². The second kappa shape index (κ2) is 4.41. The van der Waals surface area contributed by atoms with E-state index in [1.807, 2.05) is 24.3 Å². The van der Waals surface area contributed by atoms with E-state index >= 15 is 0 Å². The van der Waals surface area contributed by atoms with Crippen LogP contribution in [0.2, 0.25) is 0 Å². The van der Waals surface area contributed by atoms with E-state index in [-0.39, 0.29) is 0 Å². The number of nitrogens with two attached hydrogens (primary N) is 1. The minimum absolute atomic E-state index is 0.385. The molecular formula is C13H15NO2. The molecule has 0 aliphatic heterocycles. The Bertz CT molecular complexity index is 488. The molecule has 3 heteroatoms. The van der Waals surface area contributed by atoms with Gasteiger partial charge in [0.15, 0.2) is 0 Å². The molecular weight excluding hydrogens is 202 g/mol. The molecule has 0 unspecified atom stereocenters. The Balaban J connectivity index is 2.17. The molecule has 1 aromatic heterocycles. The van der Waals surface area contributed by atoms with Crippen molar-refractivity contribution in [3.63, 3.8) is 0 Å². The highest BCUT2D eigenvalue weighted by Gasteiger charge is 2.03. The minimum atomic E-state index is 0.385. The fourth-order valence-electron chi connectivity index (χ4n) is 1.42. The molecule has 0 amide bonds. The molecule has 1 aromatic carbocycles. The van der Waals surface area contributed by atoms with Gasteiger partial charge in [0.2, 0.25) is 0 Å². The van der Waals surface area contributed by atoms with Gasteiger partial charge >= 0.3 is 0 Å². The molecule has 0 saturated carbocycles. The Labute approximate surface area is 94.8 Å². The molecule has 0 aliphatic rings. The summed E-state index contributed by atoms with van der Waals surface area (Å²) in [6, 6.07) is 9.53. The van der Waals surface area contributed by atoms with Crippen LogP contribution in [0.3, 0.4) is 0 Å². The fourth-order valence-corrected chi connectivity index (χ4v) is 1.42. The molecule has 0 aliphatic carbocycles. The molecule has 84 valence electrons. The number of furan rings is 1. The van der Waals surface area contributed by atoms with Crippen LogP contribution in [-0.2, 0) is 6.54 Å². The highest BCUT2D eigenvalue weighted by atomic mass is 16.6. The summed E-state index contributed by atoms with van der Waals surface area (Å²) in [5, 5.41) is 0. The summed E-state index contributed by atoms with van der Waals surface area (Å²) in [5.74, 6) is 1.98. The van der Waals surface area contributed by atoms with E-state index in [2.05, 4.69) is 13.8 Å². The molecule has 2 N–H and O–H groups in total.